The van der Waals surface area contributed by atoms with E-state index in [0.717, 1.165) is 0 Å². The van der Waals surface area contributed by atoms with Crippen molar-refractivity contribution in [1.82, 2.24) is 10.2 Å². The Morgan fingerprint density at radius 3 is 2.52 bits per heavy atom. The normalized spacial score (nSPS) is 23.0. The molecule has 2 N–H and O–H groups in total. The molecular formula is C20H36N2O5. The van der Waals surface area contributed by atoms with Crippen molar-refractivity contribution in [2.75, 3.05) is 26.8 Å². The second kappa shape index (κ2) is 11.4. The molecule has 1 heterocycles. The monoisotopic (exact) mass is 384 g/mol. The zero-order chi connectivity index (χ0) is 20.6. The van der Waals surface area contributed by atoms with Gasteiger partial charge in [-0.1, -0.05) is 20.8 Å². The molecule has 7 nitrogen and oxygen atoms in total. The first kappa shape index (κ1) is 23.6. The predicted octanol–water partition coefficient (Wildman–Crippen LogP) is 1.38. The number of Topliss-reactive ketones (excluding diaryl/α,β-unsaturated/α-hetero) is 1. The molecule has 7 heteroatoms. The van der Waals surface area contributed by atoms with Crippen molar-refractivity contribution in [1.29, 1.82) is 0 Å². The smallest absolute Gasteiger partial charge is 0.222 e. The van der Waals surface area contributed by atoms with Crippen LogP contribution in [0.25, 0.3) is 0 Å². The van der Waals surface area contributed by atoms with Crippen molar-refractivity contribution in [2.45, 2.75) is 65.5 Å². The van der Waals surface area contributed by atoms with E-state index in [1.54, 1.807) is 18.9 Å². The molecule has 5 atom stereocenters. The van der Waals surface area contributed by atoms with Crippen LogP contribution in [-0.2, 0) is 19.1 Å². The van der Waals surface area contributed by atoms with E-state index in [9.17, 15) is 19.5 Å². The fourth-order valence-electron chi connectivity index (χ4n) is 3.39. The van der Waals surface area contributed by atoms with Gasteiger partial charge in [-0.25, -0.2) is 0 Å². The van der Waals surface area contributed by atoms with Gasteiger partial charge in [0, 0.05) is 39.0 Å². The standard InChI is InChI=1S/C20H36N2O5/c1-13(10-21-19(25)8-14(2)15(3)16(4)23)6-7-20(26)22-11-18(24)9-17(22)12-27-5/h13-15,17-18,24H,6-12H2,1-5H3,(H,21,25)/t13?,14?,15?,17-,18+/m0/s1. The van der Waals surface area contributed by atoms with E-state index in [0.29, 0.717) is 45.4 Å². The maximum absolute atomic E-state index is 12.4. The second-order valence-electron chi connectivity index (χ2n) is 8.07. The van der Waals surface area contributed by atoms with Crippen LogP contribution < -0.4 is 5.32 Å². The van der Waals surface area contributed by atoms with Gasteiger partial charge in [-0.05, 0) is 31.6 Å². The van der Waals surface area contributed by atoms with Gasteiger partial charge >= 0.3 is 0 Å². The number of amides is 2. The van der Waals surface area contributed by atoms with Crippen LogP contribution in [0.3, 0.4) is 0 Å². The molecule has 0 saturated carbocycles. The van der Waals surface area contributed by atoms with Crippen LogP contribution in [0.15, 0.2) is 0 Å². The minimum atomic E-state index is -0.481. The number of hydrogen-bond donors (Lipinski definition) is 2. The summed E-state index contributed by atoms with van der Waals surface area (Å²) in [5.41, 5.74) is 0. The molecule has 0 spiro atoms. The fourth-order valence-corrected chi connectivity index (χ4v) is 3.39. The molecule has 156 valence electrons. The molecule has 0 aromatic heterocycles. The van der Waals surface area contributed by atoms with E-state index in [1.807, 2.05) is 20.8 Å². The number of aliphatic hydroxyl groups is 1. The topological polar surface area (TPSA) is 95.9 Å². The summed E-state index contributed by atoms with van der Waals surface area (Å²) in [5, 5.41) is 12.7. The van der Waals surface area contributed by atoms with E-state index in [4.69, 9.17) is 4.74 Å². The zero-order valence-corrected chi connectivity index (χ0v) is 17.4. The number of likely N-dealkylation sites (tertiary alicyclic amines) is 1. The van der Waals surface area contributed by atoms with Crippen LogP contribution in [0.4, 0.5) is 0 Å². The summed E-state index contributed by atoms with van der Waals surface area (Å²) in [6.07, 6.45) is 1.47. The number of ether oxygens (including phenoxy) is 1. The minimum Gasteiger partial charge on any atom is -0.391 e. The number of ketones is 1. The van der Waals surface area contributed by atoms with Crippen molar-refractivity contribution < 1.29 is 24.2 Å². The molecule has 0 aliphatic carbocycles. The summed E-state index contributed by atoms with van der Waals surface area (Å²) >= 11 is 0. The van der Waals surface area contributed by atoms with Crippen LogP contribution in [0.5, 0.6) is 0 Å². The summed E-state index contributed by atoms with van der Waals surface area (Å²) in [6.45, 7) is 8.62. The highest BCUT2D eigenvalue weighted by Crippen LogP contribution is 2.20. The van der Waals surface area contributed by atoms with Gasteiger partial charge in [0.25, 0.3) is 0 Å². The maximum Gasteiger partial charge on any atom is 0.222 e. The third-order valence-electron chi connectivity index (χ3n) is 5.57. The Morgan fingerprint density at radius 2 is 1.93 bits per heavy atom. The van der Waals surface area contributed by atoms with Crippen LogP contribution in [0, 0.1) is 17.8 Å². The molecule has 1 aliphatic heterocycles. The lowest BCUT2D eigenvalue weighted by atomic mass is 9.89. The SMILES string of the molecule is COC[C@@H]1C[C@@H](O)CN1C(=O)CCC(C)CNC(=O)CC(C)C(C)C(C)=O. The van der Waals surface area contributed by atoms with Crippen LogP contribution in [-0.4, -0.2) is 66.6 Å². The average Bonchev–Trinajstić information content (AvgIpc) is 2.97. The van der Waals surface area contributed by atoms with E-state index >= 15 is 0 Å². The lowest BCUT2D eigenvalue weighted by molar-refractivity contribution is -0.133. The van der Waals surface area contributed by atoms with E-state index in [1.165, 1.54) is 0 Å². The van der Waals surface area contributed by atoms with Gasteiger partial charge in [0.1, 0.15) is 5.78 Å². The molecule has 0 aromatic carbocycles. The number of hydrogen-bond acceptors (Lipinski definition) is 5. The summed E-state index contributed by atoms with van der Waals surface area (Å²) in [7, 11) is 1.59. The van der Waals surface area contributed by atoms with Gasteiger partial charge in [-0.15, -0.1) is 0 Å². The van der Waals surface area contributed by atoms with Crippen molar-refractivity contribution >= 4 is 17.6 Å². The number of rotatable bonds is 11. The van der Waals surface area contributed by atoms with Crippen LogP contribution >= 0.6 is 0 Å². The summed E-state index contributed by atoms with van der Waals surface area (Å²) in [5.74, 6) is 0.125. The van der Waals surface area contributed by atoms with E-state index in [-0.39, 0.29) is 41.4 Å². The second-order valence-corrected chi connectivity index (χ2v) is 8.07. The molecule has 0 radical (unpaired) electrons. The number of aliphatic hydroxyl groups excluding tert-OH is 1. The molecule has 0 bridgehead atoms. The number of carbonyl (C=O) groups is 3. The molecule has 1 fully saturated rings. The van der Waals surface area contributed by atoms with Gasteiger partial charge in [0.05, 0.1) is 18.8 Å². The first-order valence-corrected chi connectivity index (χ1v) is 9.89. The lowest BCUT2D eigenvalue weighted by Crippen LogP contribution is -2.38. The first-order valence-electron chi connectivity index (χ1n) is 9.89. The fraction of sp³-hybridized carbons (Fsp3) is 0.850. The van der Waals surface area contributed by atoms with Gasteiger partial charge in [0.15, 0.2) is 0 Å². The Labute approximate surface area is 162 Å². The number of methoxy groups -OCH3 is 1. The summed E-state index contributed by atoms with van der Waals surface area (Å²) in [4.78, 5) is 37.6. The van der Waals surface area contributed by atoms with Crippen molar-refractivity contribution in [3.8, 4) is 0 Å². The van der Waals surface area contributed by atoms with Crippen molar-refractivity contribution in [2.24, 2.45) is 17.8 Å². The van der Waals surface area contributed by atoms with Crippen molar-refractivity contribution in [3.05, 3.63) is 0 Å². The Hall–Kier alpha value is -1.47. The molecule has 27 heavy (non-hydrogen) atoms. The van der Waals surface area contributed by atoms with Crippen molar-refractivity contribution in [3.63, 3.8) is 0 Å². The number of nitrogens with zero attached hydrogens (tertiary/aromatic N) is 1. The Balaban J connectivity index is 2.32. The van der Waals surface area contributed by atoms with Crippen LogP contribution in [0.2, 0.25) is 0 Å². The summed E-state index contributed by atoms with van der Waals surface area (Å²) in [6, 6.07) is -0.0581. The highest BCUT2D eigenvalue weighted by atomic mass is 16.5. The largest absolute Gasteiger partial charge is 0.391 e. The van der Waals surface area contributed by atoms with Gasteiger partial charge in [0.2, 0.25) is 11.8 Å². The number of carbonyl (C=O) groups excluding carboxylic acids is 3. The molecule has 1 aliphatic rings. The molecule has 0 aromatic rings. The van der Waals surface area contributed by atoms with Gasteiger partial charge in [-0.3, -0.25) is 14.4 Å². The average molecular weight is 385 g/mol. The van der Waals surface area contributed by atoms with Crippen LogP contribution in [0.1, 0.15) is 53.4 Å². The Kier molecular flexibility index (Phi) is 9.94. The minimum absolute atomic E-state index is 0.0127. The van der Waals surface area contributed by atoms with Gasteiger partial charge in [-0.2, -0.15) is 0 Å². The molecule has 2 amide bonds. The number of nitrogens with one attached hydrogen (secondary N) is 1. The summed E-state index contributed by atoms with van der Waals surface area (Å²) < 4.78 is 5.13. The molecule has 3 unspecified atom stereocenters. The highest BCUT2D eigenvalue weighted by molar-refractivity contribution is 5.80. The predicted molar refractivity (Wildman–Crippen MR) is 103 cm³/mol. The van der Waals surface area contributed by atoms with E-state index in [2.05, 4.69) is 5.32 Å². The maximum atomic E-state index is 12.4. The zero-order valence-electron chi connectivity index (χ0n) is 17.4. The molecule has 1 saturated heterocycles. The first-order chi connectivity index (χ1) is 12.6. The third-order valence-corrected chi connectivity index (χ3v) is 5.57. The van der Waals surface area contributed by atoms with Gasteiger partial charge < -0.3 is 20.1 Å². The molecular weight excluding hydrogens is 348 g/mol. The molecule has 1 rings (SSSR count). The number of β-amino-alcohol motifs (C(OH)–C–C–N with tert-alkyl or cyclic N) is 1. The van der Waals surface area contributed by atoms with E-state index < -0.39 is 6.10 Å². The quantitative estimate of drug-likeness (QED) is 0.561. The third kappa shape index (κ3) is 7.97. The Bertz CT molecular complexity index is 511. The highest BCUT2D eigenvalue weighted by Gasteiger charge is 2.33. The Morgan fingerprint density at radius 1 is 1.26 bits per heavy atom. The lowest BCUT2D eigenvalue weighted by Gasteiger charge is -2.24.